The Kier molecular flexibility index (Phi) is 4.95. The normalized spacial score (nSPS) is 21.2. The average Bonchev–Trinajstić information content (AvgIpc) is 2.96. The summed E-state index contributed by atoms with van der Waals surface area (Å²) in [6.07, 6.45) is 5.65. The van der Waals surface area contributed by atoms with Crippen molar-refractivity contribution in [2.45, 2.75) is 45.7 Å². The molecule has 2 rings (SSSR count). The van der Waals surface area contributed by atoms with Crippen LogP contribution in [0.1, 0.15) is 36.6 Å². The topological polar surface area (TPSA) is 28.2 Å². The van der Waals surface area contributed by atoms with E-state index in [9.17, 15) is 0 Å². The molecule has 96 valence electrons. The maximum atomic E-state index is 4.49. The summed E-state index contributed by atoms with van der Waals surface area (Å²) in [6, 6.07) is 0.695. The number of nitrogens with one attached hydrogen (secondary N) is 1. The summed E-state index contributed by atoms with van der Waals surface area (Å²) in [7, 11) is 0. The summed E-state index contributed by atoms with van der Waals surface area (Å²) in [5.74, 6) is 0. The van der Waals surface area contributed by atoms with Gasteiger partial charge < -0.3 is 5.32 Å². The number of hydrogen-bond acceptors (Lipinski definition) is 4. The van der Waals surface area contributed by atoms with Crippen LogP contribution in [-0.2, 0) is 13.0 Å². The molecule has 1 fully saturated rings. The molecule has 1 aromatic heterocycles. The van der Waals surface area contributed by atoms with Crippen LogP contribution in [0.5, 0.6) is 0 Å². The minimum absolute atomic E-state index is 0.695. The van der Waals surface area contributed by atoms with Crippen LogP contribution in [0.15, 0.2) is 6.20 Å². The van der Waals surface area contributed by atoms with Gasteiger partial charge in [-0.25, -0.2) is 4.98 Å². The van der Waals surface area contributed by atoms with Gasteiger partial charge in [0.2, 0.25) is 0 Å². The van der Waals surface area contributed by atoms with Crippen molar-refractivity contribution in [1.82, 2.24) is 15.2 Å². The number of aryl methyl sites for hydroxylation is 1. The van der Waals surface area contributed by atoms with E-state index >= 15 is 0 Å². The summed E-state index contributed by atoms with van der Waals surface area (Å²) < 4.78 is 0. The first-order valence-electron chi connectivity index (χ1n) is 6.71. The average molecular weight is 253 g/mol. The highest BCUT2D eigenvalue weighted by Gasteiger charge is 2.22. The zero-order valence-corrected chi connectivity index (χ0v) is 11.7. The van der Waals surface area contributed by atoms with Crippen molar-refractivity contribution in [3.05, 3.63) is 16.1 Å². The van der Waals surface area contributed by atoms with Crippen molar-refractivity contribution in [1.29, 1.82) is 0 Å². The van der Waals surface area contributed by atoms with Gasteiger partial charge in [0.15, 0.2) is 0 Å². The summed E-state index contributed by atoms with van der Waals surface area (Å²) in [4.78, 5) is 8.42. The quantitative estimate of drug-likeness (QED) is 0.843. The first kappa shape index (κ1) is 13.0. The van der Waals surface area contributed by atoms with Crippen LogP contribution in [0.2, 0.25) is 0 Å². The molecular weight excluding hydrogens is 230 g/mol. The van der Waals surface area contributed by atoms with E-state index in [2.05, 4.69) is 29.0 Å². The van der Waals surface area contributed by atoms with E-state index in [1.165, 1.54) is 35.8 Å². The number of likely N-dealkylation sites (tertiary alicyclic amines) is 1. The van der Waals surface area contributed by atoms with Crippen molar-refractivity contribution in [2.75, 3.05) is 19.6 Å². The van der Waals surface area contributed by atoms with Gasteiger partial charge in [0, 0.05) is 30.2 Å². The summed E-state index contributed by atoms with van der Waals surface area (Å²) in [5, 5.41) is 4.88. The molecule has 0 saturated carbocycles. The van der Waals surface area contributed by atoms with E-state index in [1.54, 1.807) is 0 Å². The molecule has 0 amide bonds. The third-order valence-electron chi connectivity index (χ3n) is 3.26. The zero-order chi connectivity index (χ0) is 12.1. The monoisotopic (exact) mass is 253 g/mol. The number of rotatable bonds is 6. The Hall–Kier alpha value is -0.450. The molecule has 2 heterocycles. The van der Waals surface area contributed by atoms with Gasteiger partial charge in [0.25, 0.3) is 0 Å². The fraction of sp³-hybridized carbons (Fsp3) is 0.769. The number of hydrogen-bond donors (Lipinski definition) is 1. The number of aromatic nitrogens is 1. The molecule has 0 aromatic carbocycles. The van der Waals surface area contributed by atoms with Gasteiger partial charge >= 0.3 is 0 Å². The summed E-state index contributed by atoms with van der Waals surface area (Å²) in [6.45, 7) is 8.99. The van der Waals surface area contributed by atoms with Crippen LogP contribution < -0.4 is 5.32 Å². The second-order valence-electron chi connectivity index (χ2n) is 4.75. The van der Waals surface area contributed by atoms with Crippen LogP contribution in [0.4, 0.5) is 0 Å². The SMILES string of the molecule is CCCNC1CCN(Cc2ncc(CC)s2)C1. The molecule has 0 radical (unpaired) electrons. The van der Waals surface area contributed by atoms with Crippen molar-refractivity contribution < 1.29 is 0 Å². The molecule has 0 bridgehead atoms. The van der Waals surface area contributed by atoms with Gasteiger partial charge in [0.1, 0.15) is 5.01 Å². The highest BCUT2D eigenvalue weighted by molar-refractivity contribution is 7.11. The highest BCUT2D eigenvalue weighted by atomic mass is 32.1. The van der Waals surface area contributed by atoms with Gasteiger partial charge in [-0.05, 0) is 25.8 Å². The third kappa shape index (κ3) is 3.76. The fourth-order valence-electron chi connectivity index (χ4n) is 2.27. The summed E-state index contributed by atoms with van der Waals surface area (Å²) >= 11 is 1.87. The molecule has 0 spiro atoms. The largest absolute Gasteiger partial charge is 0.313 e. The van der Waals surface area contributed by atoms with E-state index in [0.29, 0.717) is 6.04 Å². The molecule has 1 N–H and O–H groups in total. The number of nitrogens with zero attached hydrogens (tertiary/aromatic N) is 2. The second-order valence-corrected chi connectivity index (χ2v) is 5.95. The van der Waals surface area contributed by atoms with Crippen LogP contribution >= 0.6 is 11.3 Å². The fourth-order valence-corrected chi connectivity index (χ4v) is 3.17. The van der Waals surface area contributed by atoms with Crippen molar-refractivity contribution in [3.8, 4) is 0 Å². The molecule has 1 atom stereocenters. The second kappa shape index (κ2) is 6.47. The smallest absolute Gasteiger partial charge is 0.107 e. The predicted octanol–water partition coefficient (Wildman–Crippen LogP) is 2.28. The van der Waals surface area contributed by atoms with Gasteiger partial charge in [-0.3, -0.25) is 4.90 Å². The lowest BCUT2D eigenvalue weighted by Gasteiger charge is -2.14. The van der Waals surface area contributed by atoms with E-state index in [1.807, 2.05) is 17.5 Å². The predicted molar refractivity (Wildman–Crippen MR) is 73.5 cm³/mol. The molecule has 3 nitrogen and oxygen atoms in total. The van der Waals surface area contributed by atoms with Gasteiger partial charge in [-0.1, -0.05) is 13.8 Å². The van der Waals surface area contributed by atoms with Crippen LogP contribution in [0.25, 0.3) is 0 Å². The molecule has 1 saturated heterocycles. The molecule has 4 heteroatoms. The Labute approximate surface area is 108 Å². The van der Waals surface area contributed by atoms with Crippen LogP contribution in [0.3, 0.4) is 0 Å². The Morgan fingerprint density at radius 1 is 1.53 bits per heavy atom. The Bertz CT molecular complexity index is 337. The number of thiazole rings is 1. The Balaban J connectivity index is 1.77. The molecule has 1 unspecified atom stereocenters. The van der Waals surface area contributed by atoms with E-state index in [4.69, 9.17) is 0 Å². The Morgan fingerprint density at radius 2 is 2.41 bits per heavy atom. The van der Waals surface area contributed by atoms with Crippen molar-refractivity contribution >= 4 is 11.3 Å². The third-order valence-corrected chi connectivity index (χ3v) is 4.39. The van der Waals surface area contributed by atoms with E-state index in [0.717, 1.165) is 19.5 Å². The highest BCUT2D eigenvalue weighted by Crippen LogP contribution is 2.18. The lowest BCUT2D eigenvalue weighted by atomic mass is 10.2. The van der Waals surface area contributed by atoms with Gasteiger partial charge in [0.05, 0.1) is 6.54 Å². The molecule has 0 aliphatic carbocycles. The standard InChI is InChI=1S/C13H23N3S/c1-3-6-14-11-5-7-16(9-11)10-13-15-8-12(4-2)17-13/h8,11,14H,3-7,9-10H2,1-2H3. The molecule has 17 heavy (non-hydrogen) atoms. The maximum absolute atomic E-state index is 4.49. The molecular formula is C13H23N3S. The Morgan fingerprint density at radius 3 is 3.12 bits per heavy atom. The van der Waals surface area contributed by atoms with Crippen LogP contribution in [0, 0.1) is 0 Å². The molecule has 1 aliphatic rings. The minimum Gasteiger partial charge on any atom is -0.313 e. The van der Waals surface area contributed by atoms with E-state index in [-0.39, 0.29) is 0 Å². The lowest BCUT2D eigenvalue weighted by molar-refractivity contribution is 0.319. The molecule has 1 aliphatic heterocycles. The molecule has 1 aromatic rings. The maximum Gasteiger partial charge on any atom is 0.107 e. The van der Waals surface area contributed by atoms with Crippen molar-refractivity contribution in [2.24, 2.45) is 0 Å². The van der Waals surface area contributed by atoms with E-state index < -0.39 is 0 Å². The minimum atomic E-state index is 0.695. The van der Waals surface area contributed by atoms with Gasteiger partial charge in [-0.2, -0.15) is 0 Å². The van der Waals surface area contributed by atoms with Crippen molar-refractivity contribution in [3.63, 3.8) is 0 Å². The van der Waals surface area contributed by atoms with Gasteiger partial charge in [-0.15, -0.1) is 11.3 Å². The lowest BCUT2D eigenvalue weighted by Crippen LogP contribution is -2.32. The summed E-state index contributed by atoms with van der Waals surface area (Å²) in [5.41, 5.74) is 0. The zero-order valence-electron chi connectivity index (χ0n) is 10.9. The first-order valence-corrected chi connectivity index (χ1v) is 7.52. The van der Waals surface area contributed by atoms with Crippen LogP contribution in [-0.4, -0.2) is 35.6 Å². The first-order chi connectivity index (χ1) is 8.31.